The first kappa shape index (κ1) is 34.0. The molecule has 4 aromatic rings. The fourth-order valence-corrected chi connectivity index (χ4v) is 5.46. The number of hydrogen-bond donors (Lipinski definition) is 0. The number of carbonyl (C=O) groups is 4. The van der Waals surface area contributed by atoms with Gasteiger partial charge in [-0.25, -0.2) is 0 Å². The van der Waals surface area contributed by atoms with Gasteiger partial charge in [-0.05, 0) is 89.5 Å². The van der Waals surface area contributed by atoms with Gasteiger partial charge in [0.15, 0.2) is 23.1 Å². The average molecular weight is 619 g/mol. The normalized spacial score (nSPS) is 12.7. The van der Waals surface area contributed by atoms with Crippen LogP contribution in [0.4, 0.5) is 0 Å². The van der Waals surface area contributed by atoms with E-state index in [-0.39, 0.29) is 28.0 Å². The van der Waals surface area contributed by atoms with Crippen LogP contribution in [0.2, 0.25) is 0 Å². The lowest BCUT2D eigenvalue weighted by atomic mass is 9.72. The summed E-state index contributed by atoms with van der Waals surface area (Å²) < 4.78 is 10.5. The van der Waals surface area contributed by atoms with Crippen LogP contribution >= 0.6 is 0 Å². The third-order valence-corrected chi connectivity index (χ3v) is 8.44. The van der Waals surface area contributed by atoms with E-state index in [1.54, 1.807) is 73.7 Å². The van der Waals surface area contributed by atoms with Gasteiger partial charge in [0.2, 0.25) is 0 Å². The van der Waals surface area contributed by atoms with E-state index < -0.39 is 35.0 Å². The van der Waals surface area contributed by atoms with E-state index in [0.717, 1.165) is 11.1 Å². The Bertz CT molecular complexity index is 1720. The van der Waals surface area contributed by atoms with Crippen molar-refractivity contribution in [3.05, 3.63) is 130 Å². The molecule has 238 valence electrons. The molecule has 0 aromatic heterocycles. The van der Waals surface area contributed by atoms with Crippen molar-refractivity contribution in [2.45, 2.75) is 52.9 Å². The number of rotatable bonds is 12. The van der Waals surface area contributed by atoms with E-state index in [9.17, 15) is 19.2 Å². The molecule has 0 radical (unpaired) electrons. The third-order valence-electron chi connectivity index (χ3n) is 8.44. The molecule has 0 fully saturated rings. The number of methoxy groups -OCH3 is 2. The highest BCUT2D eigenvalue weighted by atomic mass is 16.5. The molecule has 0 heterocycles. The van der Waals surface area contributed by atoms with Crippen LogP contribution in [-0.2, 0) is 5.41 Å². The molecule has 0 aliphatic heterocycles. The largest absolute Gasteiger partial charge is 0.497 e. The summed E-state index contributed by atoms with van der Waals surface area (Å²) in [4.78, 5) is 58.2. The topological polar surface area (TPSA) is 86.7 Å². The maximum atomic E-state index is 14.7. The zero-order chi connectivity index (χ0) is 33.8. The fourth-order valence-electron chi connectivity index (χ4n) is 5.46. The Morgan fingerprint density at radius 3 is 1.33 bits per heavy atom. The zero-order valence-corrected chi connectivity index (χ0v) is 27.8. The summed E-state index contributed by atoms with van der Waals surface area (Å²) in [6, 6.07) is 25.3. The first-order chi connectivity index (χ1) is 21.8. The SMILES string of the molecule is COc1ccc(C(=O)C(C(=O)c2ccc(C(C)(C)C)cc2)C(C(=O)c2ccc(OC)cc2)C(=O)c2cc(C(C)C)ccc2C)cc1. The van der Waals surface area contributed by atoms with Crippen LogP contribution in [0.25, 0.3) is 0 Å². The Balaban J connectivity index is 1.95. The number of carbonyl (C=O) groups excluding carboxylic acids is 4. The summed E-state index contributed by atoms with van der Waals surface area (Å²) in [6.45, 7) is 12.0. The molecule has 0 saturated heterocycles. The van der Waals surface area contributed by atoms with Crippen molar-refractivity contribution >= 4 is 23.1 Å². The molecule has 4 rings (SSSR count). The molecule has 2 unspecified atom stereocenters. The van der Waals surface area contributed by atoms with Gasteiger partial charge in [-0.1, -0.05) is 71.0 Å². The predicted molar refractivity (Wildman–Crippen MR) is 181 cm³/mol. The van der Waals surface area contributed by atoms with Crippen LogP contribution in [-0.4, -0.2) is 37.4 Å². The van der Waals surface area contributed by atoms with Crippen molar-refractivity contribution in [2.24, 2.45) is 11.8 Å². The lowest BCUT2D eigenvalue weighted by Gasteiger charge is -2.25. The molecule has 6 nitrogen and oxygen atoms in total. The van der Waals surface area contributed by atoms with Gasteiger partial charge < -0.3 is 9.47 Å². The van der Waals surface area contributed by atoms with Gasteiger partial charge >= 0.3 is 0 Å². The lowest BCUT2D eigenvalue weighted by molar-refractivity contribution is 0.0625. The second-order valence-electron chi connectivity index (χ2n) is 12.9. The van der Waals surface area contributed by atoms with Crippen LogP contribution in [0.3, 0.4) is 0 Å². The van der Waals surface area contributed by atoms with E-state index in [2.05, 4.69) is 20.8 Å². The molecule has 4 aromatic carbocycles. The van der Waals surface area contributed by atoms with Crippen molar-refractivity contribution in [1.82, 2.24) is 0 Å². The number of hydrogen-bond acceptors (Lipinski definition) is 6. The van der Waals surface area contributed by atoms with Gasteiger partial charge in [0.25, 0.3) is 0 Å². The van der Waals surface area contributed by atoms with Crippen molar-refractivity contribution in [3.8, 4) is 11.5 Å². The second-order valence-corrected chi connectivity index (χ2v) is 12.9. The van der Waals surface area contributed by atoms with Crippen LogP contribution in [0.5, 0.6) is 11.5 Å². The number of Topliss-reactive ketones (excluding diaryl/α,β-unsaturated/α-hetero) is 4. The third kappa shape index (κ3) is 7.34. The Kier molecular flexibility index (Phi) is 10.4. The Hall–Kier alpha value is -4.84. The monoisotopic (exact) mass is 618 g/mol. The van der Waals surface area contributed by atoms with E-state index in [1.807, 2.05) is 38.1 Å². The summed E-state index contributed by atoms with van der Waals surface area (Å²) >= 11 is 0. The molecule has 6 heteroatoms. The maximum absolute atomic E-state index is 14.7. The van der Waals surface area contributed by atoms with Gasteiger partial charge in [0.1, 0.15) is 23.3 Å². The molecule has 0 spiro atoms. The van der Waals surface area contributed by atoms with Crippen LogP contribution in [0.1, 0.15) is 98.7 Å². The van der Waals surface area contributed by atoms with Crippen molar-refractivity contribution < 1.29 is 28.7 Å². The number of ether oxygens (including phenoxy) is 2. The molecule has 0 saturated carbocycles. The highest BCUT2D eigenvalue weighted by molar-refractivity contribution is 6.26. The summed E-state index contributed by atoms with van der Waals surface area (Å²) in [6.07, 6.45) is 0. The minimum Gasteiger partial charge on any atom is -0.497 e. The Labute approximate surface area is 271 Å². The fraction of sp³-hybridized carbons (Fsp3) is 0.300. The summed E-state index contributed by atoms with van der Waals surface area (Å²) in [7, 11) is 3.03. The number of aryl methyl sites for hydroxylation is 1. The van der Waals surface area contributed by atoms with Crippen LogP contribution in [0.15, 0.2) is 91.0 Å². The molecule has 0 aliphatic carbocycles. The summed E-state index contributed by atoms with van der Waals surface area (Å²) in [5, 5.41) is 0. The first-order valence-electron chi connectivity index (χ1n) is 15.4. The second kappa shape index (κ2) is 14.1. The highest BCUT2D eigenvalue weighted by Gasteiger charge is 2.45. The first-order valence-corrected chi connectivity index (χ1v) is 15.4. The minimum atomic E-state index is -1.63. The molecule has 0 bridgehead atoms. The molecule has 46 heavy (non-hydrogen) atoms. The maximum Gasteiger partial charge on any atom is 0.175 e. The summed E-state index contributed by atoms with van der Waals surface area (Å²) in [5.74, 6) is -4.49. The van der Waals surface area contributed by atoms with Crippen molar-refractivity contribution in [1.29, 1.82) is 0 Å². The van der Waals surface area contributed by atoms with E-state index >= 15 is 0 Å². The average Bonchev–Trinajstić information content (AvgIpc) is 3.05. The Morgan fingerprint density at radius 2 is 0.957 bits per heavy atom. The highest BCUT2D eigenvalue weighted by Crippen LogP contribution is 2.33. The lowest BCUT2D eigenvalue weighted by Crippen LogP contribution is -2.41. The number of benzene rings is 4. The molecular weight excluding hydrogens is 576 g/mol. The van der Waals surface area contributed by atoms with Gasteiger partial charge in [-0.2, -0.15) is 0 Å². The van der Waals surface area contributed by atoms with E-state index in [0.29, 0.717) is 22.6 Å². The van der Waals surface area contributed by atoms with Gasteiger partial charge in [-0.15, -0.1) is 0 Å². The molecule has 0 aliphatic rings. The molecule has 2 atom stereocenters. The quantitative estimate of drug-likeness (QED) is 0.117. The molecular formula is C40H42O6. The smallest absolute Gasteiger partial charge is 0.175 e. The van der Waals surface area contributed by atoms with Gasteiger partial charge in [0.05, 0.1) is 14.2 Å². The van der Waals surface area contributed by atoms with Gasteiger partial charge in [-0.3, -0.25) is 19.2 Å². The standard InChI is InChI=1S/C40H42O6/c1-24(2)29-10-9-25(3)33(23-29)39(44)35(38(43)28-15-21-32(46-8)22-16-28)34(37(42)27-13-19-31(45-7)20-14-27)36(41)26-11-17-30(18-12-26)40(4,5)6/h9-24,34-35H,1-8H3. The van der Waals surface area contributed by atoms with Crippen LogP contribution < -0.4 is 9.47 Å². The Morgan fingerprint density at radius 1 is 0.565 bits per heavy atom. The predicted octanol–water partition coefficient (Wildman–Crippen LogP) is 8.50. The minimum absolute atomic E-state index is 0.114. The summed E-state index contributed by atoms with van der Waals surface area (Å²) in [5.41, 5.74) is 3.34. The zero-order valence-electron chi connectivity index (χ0n) is 27.8. The van der Waals surface area contributed by atoms with Crippen molar-refractivity contribution in [3.63, 3.8) is 0 Å². The molecule has 0 N–H and O–H groups in total. The van der Waals surface area contributed by atoms with E-state index in [4.69, 9.17) is 9.47 Å². The van der Waals surface area contributed by atoms with Crippen molar-refractivity contribution in [2.75, 3.05) is 14.2 Å². The number of ketones is 4. The molecule has 0 amide bonds. The van der Waals surface area contributed by atoms with Gasteiger partial charge in [0, 0.05) is 22.3 Å². The van der Waals surface area contributed by atoms with Crippen LogP contribution in [0, 0.1) is 18.8 Å². The van der Waals surface area contributed by atoms with E-state index in [1.165, 1.54) is 14.2 Å².